The molecule has 1 heterocycles. The lowest BCUT2D eigenvalue weighted by molar-refractivity contribution is 0.472. The van der Waals surface area contributed by atoms with Gasteiger partial charge in [0, 0.05) is 9.75 Å². The Hall–Kier alpha value is -0.340. The van der Waals surface area contributed by atoms with Gasteiger partial charge in [0.25, 0.3) is 0 Å². The summed E-state index contributed by atoms with van der Waals surface area (Å²) < 4.78 is 0. The number of rotatable bonds is 3. The third-order valence-corrected chi connectivity index (χ3v) is 4.51. The molecule has 1 aliphatic rings. The number of nitrogens with two attached hydrogens (primary N) is 1. The molecule has 14 heavy (non-hydrogen) atoms. The highest BCUT2D eigenvalue weighted by atomic mass is 32.1. The maximum absolute atomic E-state index is 6.40. The first kappa shape index (κ1) is 10.2. The second-order valence-corrected chi connectivity index (χ2v) is 5.55. The fourth-order valence-corrected chi connectivity index (χ4v) is 3.55. The van der Waals surface area contributed by atoms with Crippen molar-refractivity contribution in [2.24, 2.45) is 5.73 Å². The Kier molecular flexibility index (Phi) is 2.93. The zero-order valence-electron chi connectivity index (χ0n) is 8.88. The van der Waals surface area contributed by atoms with Gasteiger partial charge in [-0.3, -0.25) is 0 Å². The lowest BCUT2D eigenvalue weighted by atomic mass is 9.97. The van der Waals surface area contributed by atoms with Crippen LogP contribution >= 0.6 is 11.3 Å². The van der Waals surface area contributed by atoms with Crippen molar-refractivity contribution < 1.29 is 0 Å². The topological polar surface area (TPSA) is 26.0 Å². The lowest BCUT2D eigenvalue weighted by Gasteiger charge is -2.21. The largest absolute Gasteiger partial charge is 0.321 e. The summed E-state index contributed by atoms with van der Waals surface area (Å²) in [6, 6.07) is 4.51. The van der Waals surface area contributed by atoms with Gasteiger partial charge >= 0.3 is 0 Å². The standard InChI is InChI=1S/C12H19NS/c1-2-5-10-6-7-11(14-10)12(13)8-3-4-9-12/h6-7H,2-5,8-9,13H2,1H3. The van der Waals surface area contributed by atoms with Gasteiger partial charge in [-0.25, -0.2) is 0 Å². The third kappa shape index (κ3) is 1.86. The molecule has 2 rings (SSSR count). The molecule has 2 N–H and O–H groups in total. The monoisotopic (exact) mass is 209 g/mol. The van der Waals surface area contributed by atoms with E-state index in [2.05, 4.69) is 19.1 Å². The van der Waals surface area contributed by atoms with Crippen LogP contribution in [0.15, 0.2) is 12.1 Å². The smallest absolute Gasteiger partial charge is 0.0503 e. The molecule has 0 saturated heterocycles. The number of hydrogen-bond donors (Lipinski definition) is 1. The first-order chi connectivity index (χ1) is 6.74. The molecule has 2 heteroatoms. The van der Waals surface area contributed by atoms with Crippen LogP contribution in [0.25, 0.3) is 0 Å². The lowest BCUT2D eigenvalue weighted by Crippen LogP contribution is -2.31. The highest BCUT2D eigenvalue weighted by Crippen LogP contribution is 2.39. The van der Waals surface area contributed by atoms with Crippen LogP contribution in [0, 0.1) is 0 Å². The quantitative estimate of drug-likeness (QED) is 0.811. The zero-order chi connectivity index (χ0) is 10.0. The van der Waals surface area contributed by atoms with E-state index in [1.165, 1.54) is 48.3 Å². The van der Waals surface area contributed by atoms with E-state index in [1.807, 2.05) is 11.3 Å². The third-order valence-electron chi connectivity index (χ3n) is 3.14. The van der Waals surface area contributed by atoms with Crippen LogP contribution in [-0.4, -0.2) is 0 Å². The summed E-state index contributed by atoms with van der Waals surface area (Å²) in [5.74, 6) is 0. The maximum atomic E-state index is 6.40. The molecular weight excluding hydrogens is 190 g/mol. The van der Waals surface area contributed by atoms with Crippen LogP contribution in [0.1, 0.15) is 48.8 Å². The SMILES string of the molecule is CCCc1ccc(C2(N)CCCC2)s1. The van der Waals surface area contributed by atoms with Gasteiger partial charge in [-0.05, 0) is 31.4 Å². The Bertz CT molecular complexity index is 297. The Balaban J connectivity index is 2.15. The summed E-state index contributed by atoms with van der Waals surface area (Å²) in [6.45, 7) is 2.23. The summed E-state index contributed by atoms with van der Waals surface area (Å²) in [4.78, 5) is 2.91. The molecule has 0 amide bonds. The molecule has 1 aromatic heterocycles. The van der Waals surface area contributed by atoms with Gasteiger partial charge in [0.1, 0.15) is 0 Å². The minimum atomic E-state index is 0.0245. The Morgan fingerprint density at radius 3 is 2.71 bits per heavy atom. The van der Waals surface area contributed by atoms with E-state index >= 15 is 0 Å². The highest BCUT2D eigenvalue weighted by Gasteiger charge is 2.32. The molecule has 0 spiro atoms. The van der Waals surface area contributed by atoms with Crippen LogP contribution in [0.3, 0.4) is 0 Å². The van der Waals surface area contributed by atoms with Crippen molar-refractivity contribution in [1.29, 1.82) is 0 Å². The van der Waals surface area contributed by atoms with Crippen molar-refractivity contribution in [1.82, 2.24) is 0 Å². The van der Waals surface area contributed by atoms with E-state index in [0.29, 0.717) is 0 Å². The van der Waals surface area contributed by atoms with E-state index in [-0.39, 0.29) is 5.54 Å². The van der Waals surface area contributed by atoms with Crippen LogP contribution < -0.4 is 5.73 Å². The minimum Gasteiger partial charge on any atom is -0.321 e. The molecule has 1 saturated carbocycles. The minimum absolute atomic E-state index is 0.0245. The molecule has 1 aromatic rings. The second-order valence-electron chi connectivity index (χ2n) is 4.38. The fraction of sp³-hybridized carbons (Fsp3) is 0.667. The molecule has 0 aliphatic heterocycles. The molecule has 0 radical (unpaired) electrons. The van der Waals surface area contributed by atoms with Crippen LogP contribution in [0.5, 0.6) is 0 Å². The van der Waals surface area contributed by atoms with Gasteiger partial charge in [0.2, 0.25) is 0 Å². The summed E-state index contributed by atoms with van der Waals surface area (Å²) in [6.07, 6.45) is 7.41. The van der Waals surface area contributed by atoms with Crippen LogP contribution in [0.4, 0.5) is 0 Å². The first-order valence-electron chi connectivity index (χ1n) is 5.63. The van der Waals surface area contributed by atoms with Crippen molar-refractivity contribution in [2.45, 2.75) is 51.0 Å². The van der Waals surface area contributed by atoms with Gasteiger partial charge < -0.3 is 5.73 Å². The summed E-state index contributed by atoms with van der Waals surface area (Å²) in [7, 11) is 0. The van der Waals surface area contributed by atoms with Crippen molar-refractivity contribution in [2.75, 3.05) is 0 Å². The van der Waals surface area contributed by atoms with Crippen molar-refractivity contribution in [3.05, 3.63) is 21.9 Å². The van der Waals surface area contributed by atoms with Crippen LogP contribution in [0.2, 0.25) is 0 Å². The van der Waals surface area contributed by atoms with Crippen molar-refractivity contribution in [3.8, 4) is 0 Å². The van der Waals surface area contributed by atoms with Gasteiger partial charge in [0.15, 0.2) is 0 Å². The highest BCUT2D eigenvalue weighted by molar-refractivity contribution is 7.12. The normalized spacial score (nSPS) is 20.1. The zero-order valence-corrected chi connectivity index (χ0v) is 9.70. The summed E-state index contributed by atoms with van der Waals surface area (Å²) in [5.41, 5.74) is 6.42. The number of thiophene rings is 1. The second kappa shape index (κ2) is 4.03. The number of hydrogen-bond acceptors (Lipinski definition) is 2. The predicted molar refractivity (Wildman–Crippen MR) is 62.6 cm³/mol. The molecule has 0 unspecified atom stereocenters. The van der Waals surface area contributed by atoms with E-state index in [1.54, 1.807) is 0 Å². The van der Waals surface area contributed by atoms with E-state index in [9.17, 15) is 0 Å². The Labute approximate surface area is 90.3 Å². The fourth-order valence-electron chi connectivity index (χ4n) is 2.28. The summed E-state index contributed by atoms with van der Waals surface area (Å²) >= 11 is 1.93. The van der Waals surface area contributed by atoms with E-state index in [0.717, 1.165) is 0 Å². The first-order valence-corrected chi connectivity index (χ1v) is 6.44. The van der Waals surface area contributed by atoms with E-state index < -0.39 is 0 Å². The molecular formula is C12H19NS. The molecule has 1 aliphatic carbocycles. The van der Waals surface area contributed by atoms with E-state index in [4.69, 9.17) is 5.73 Å². The molecule has 0 atom stereocenters. The van der Waals surface area contributed by atoms with Crippen molar-refractivity contribution >= 4 is 11.3 Å². The Morgan fingerprint density at radius 1 is 1.36 bits per heavy atom. The average molecular weight is 209 g/mol. The van der Waals surface area contributed by atoms with Gasteiger partial charge in [-0.1, -0.05) is 26.2 Å². The molecule has 0 aromatic carbocycles. The van der Waals surface area contributed by atoms with Gasteiger partial charge in [0.05, 0.1) is 5.54 Å². The van der Waals surface area contributed by atoms with Gasteiger partial charge in [-0.2, -0.15) is 0 Å². The molecule has 1 fully saturated rings. The number of aryl methyl sites for hydroxylation is 1. The Morgan fingerprint density at radius 2 is 2.07 bits per heavy atom. The molecule has 0 bridgehead atoms. The molecule has 1 nitrogen and oxygen atoms in total. The van der Waals surface area contributed by atoms with Gasteiger partial charge in [-0.15, -0.1) is 11.3 Å². The molecule has 78 valence electrons. The average Bonchev–Trinajstić information content (AvgIpc) is 2.75. The predicted octanol–water partition coefficient (Wildman–Crippen LogP) is 3.43. The maximum Gasteiger partial charge on any atom is 0.0503 e. The summed E-state index contributed by atoms with van der Waals surface area (Å²) in [5, 5.41) is 0. The van der Waals surface area contributed by atoms with Crippen molar-refractivity contribution in [3.63, 3.8) is 0 Å². The van der Waals surface area contributed by atoms with Crippen LogP contribution in [-0.2, 0) is 12.0 Å².